The van der Waals surface area contributed by atoms with E-state index in [9.17, 15) is 9.90 Å². The highest BCUT2D eigenvalue weighted by atomic mass is 28.4. The third kappa shape index (κ3) is 7.33. The molecule has 5 rings (SSSR count). The van der Waals surface area contributed by atoms with Gasteiger partial charge in [0.05, 0.1) is 25.9 Å². The van der Waals surface area contributed by atoms with Gasteiger partial charge in [-0.05, 0) is 26.5 Å². The number of carbonyl (C=O) groups is 1. The SMILES string of the molecule is COC1(C(=O)O)C[C@@H](OCc2ccccc2)[C@H](OCc2ccccc2)[C@@H](CO[Si](c2ccccc2)(c2ccccc2)C(C)(C)C)O1. The number of rotatable bonds is 13. The van der Waals surface area contributed by atoms with Crippen molar-refractivity contribution in [2.75, 3.05) is 13.7 Å². The maximum absolute atomic E-state index is 12.8. The summed E-state index contributed by atoms with van der Waals surface area (Å²) >= 11 is 0. The minimum absolute atomic E-state index is 0.0547. The van der Waals surface area contributed by atoms with E-state index >= 15 is 0 Å². The summed E-state index contributed by atoms with van der Waals surface area (Å²) in [7, 11) is -1.64. The summed E-state index contributed by atoms with van der Waals surface area (Å²) in [6, 6.07) is 40.3. The number of ether oxygens (including phenoxy) is 4. The second-order valence-corrected chi connectivity index (χ2v) is 17.0. The first kappa shape index (κ1) is 33.7. The van der Waals surface area contributed by atoms with E-state index in [-0.39, 0.29) is 24.7 Å². The normalized spacial score (nSPS) is 22.0. The van der Waals surface area contributed by atoms with Gasteiger partial charge in [-0.1, -0.05) is 142 Å². The molecule has 0 aliphatic carbocycles. The Kier molecular flexibility index (Phi) is 10.9. The number of carboxylic acid groups (broad SMARTS) is 1. The van der Waals surface area contributed by atoms with Gasteiger partial charge < -0.3 is 28.5 Å². The number of benzene rings is 4. The molecule has 1 fully saturated rings. The van der Waals surface area contributed by atoms with Crippen LogP contribution in [0.2, 0.25) is 5.04 Å². The van der Waals surface area contributed by atoms with Gasteiger partial charge in [-0.25, -0.2) is 4.79 Å². The summed E-state index contributed by atoms with van der Waals surface area (Å²) in [5.74, 6) is -3.16. The van der Waals surface area contributed by atoms with Crippen molar-refractivity contribution in [2.24, 2.45) is 0 Å². The van der Waals surface area contributed by atoms with E-state index in [1.807, 2.05) is 97.1 Å². The summed E-state index contributed by atoms with van der Waals surface area (Å²) in [6.45, 7) is 7.24. The first-order valence-electron chi connectivity index (χ1n) is 15.7. The number of carboxylic acids is 1. The lowest BCUT2D eigenvalue weighted by Gasteiger charge is -2.48. The van der Waals surface area contributed by atoms with Crippen molar-refractivity contribution in [1.29, 1.82) is 0 Å². The molecule has 242 valence electrons. The maximum Gasteiger partial charge on any atom is 0.364 e. The average molecular weight is 641 g/mol. The van der Waals surface area contributed by atoms with Gasteiger partial charge in [-0.3, -0.25) is 0 Å². The Morgan fingerprint density at radius 2 is 1.24 bits per heavy atom. The first-order valence-corrected chi connectivity index (χ1v) is 17.6. The van der Waals surface area contributed by atoms with Crippen LogP contribution in [0, 0.1) is 0 Å². The molecule has 1 saturated heterocycles. The molecule has 8 heteroatoms. The van der Waals surface area contributed by atoms with Crippen molar-refractivity contribution in [3.05, 3.63) is 132 Å². The van der Waals surface area contributed by atoms with Gasteiger partial charge in [0.15, 0.2) is 0 Å². The highest BCUT2D eigenvalue weighted by molar-refractivity contribution is 6.99. The lowest BCUT2D eigenvalue weighted by atomic mass is 9.94. The van der Waals surface area contributed by atoms with Crippen molar-refractivity contribution in [1.82, 2.24) is 0 Å². The number of aliphatic carboxylic acids is 1. The van der Waals surface area contributed by atoms with Crippen LogP contribution in [0.1, 0.15) is 38.3 Å². The van der Waals surface area contributed by atoms with E-state index in [4.69, 9.17) is 23.4 Å². The van der Waals surface area contributed by atoms with Crippen molar-refractivity contribution < 1.29 is 33.3 Å². The van der Waals surface area contributed by atoms with Crippen molar-refractivity contribution in [2.45, 2.75) is 69.5 Å². The van der Waals surface area contributed by atoms with E-state index in [2.05, 4.69) is 45.0 Å². The molecule has 0 aromatic heterocycles. The second kappa shape index (κ2) is 14.9. The van der Waals surface area contributed by atoms with Gasteiger partial charge in [0.2, 0.25) is 0 Å². The summed E-state index contributed by atoms with van der Waals surface area (Å²) in [5.41, 5.74) is 1.95. The van der Waals surface area contributed by atoms with Crippen LogP contribution in [-0.2, 0) is 41.4 Å². The van der Waals surface area contributed by atoms with Crippen LogP contribution in [0.5, 0.6) is 0 Å². The second-order valence-electron chi connectivity index (χ2n) is 12.7. The summed E-state index contributed by atoms with van der Waals surface area (Å²) in [5, 5.41) is 12.4. The maximum atomic E-state index is 12.8. The molecule has 0 radical (unpaired) electrons. The molecule has 1 heterocycles. The predicted octanol–water partition coefficient (Wildman–Crippen LogP) is 5.95. The van der Waals surface area contributed by atoms with E-state index in [1.165, 1.54) is 7.11 Å². The third-order valence-electron chi connectivity index (χ3n) is 8.67. The van der Waals surface area contributed by atoms with Crippen LogP contribution in [0.3, 0.4) is 0 Å². The Morgan fingerprint density at radius 3 is 1.67 bits per heavy atom. The average Bonchev–Trinajstić information content (AvgIpc) is 3.08. The molecule has 7 nitrogen and oxygen atoms in total. The fourth-order valence-corrected chi connectivity index (χ4v) is 10.9. The Bertz CT molecular complexity index is 1470. The van der Waals surface area contributed by atoms with E-state index in [1.54, 1.807) is 0 Å². The third-order valence-corrected chi connectivity index (χ3v) is 13.7. The highest BCUT2D eigenvalue weighted by Gasteiger charge is 2.56. The summed E-state index contributed by atoms with van der Waals surface area (Å²) < 4.78 is 32.4. The molecule has 0 amide bonds. The highest BCUT2D eigenvalue weighted by Crippen LogP contribution is 2.39. The molecule has 4 atom stereocenters. The Morgan fingerprint density at radius 1 is 0.783 bits per heavy atom. The van der Waals surface area contributed by atoms with Crippen LogP contribution in [0.25, 0.3) is 0 Å². The minimum atomic E-state index is -2.99. The summed E-state index contributed by atoms with van der Waals surface area (Å²) in [6.07, 6.45) is -2.19. The van der Waals surface area contributed by atoms with Gasteiger partial charge in [0.25, 0.3) is 14.1 Å². The van der Waals surface area contributed by atoms with Crippen LogP contribution in [-0.4, -0.2) is 57.2 Å². The molecular formula is C38H44O7Si. The predicted molar refractivity (Wildman–Crippen MR) is 180 cm³/mol. The zero-order valence-corrected chi connectivity index (χ0v) is 28.0. The quantitative estimate of drug-likeness (QED) is 0.181. The smallest absolute Gasteiger partial charge is 0.364 e. The van der Waals surface area contributed by atoms with E-state index in [0.717, 1.165) is 21.5 Å². The molecule has 4 aromatic carbocycles. The number of methoxy groups -OCH3 is 1. The monoisotopic (exact) mass is 640 g/mol. The number of hydrogen-bond donors (Lipinski definition) is 1. The molecule has 1 N–H and O–H groups in total. The molecular weight excluding hydrogens is 596 g/mol. The van der Waals surface area contributed by atoms with Crippen molar-refractivity contribution >= 4 is 24.7 Å². The van der Waals surface area contributed by atoms with Crippen molar-refractivity contribution in [3.63, 3.8) is 0 Å². The largest absolute Gasteiger partial charge is 0.477 e. The standard InChI is InChI=1S/C38H44O7Si/c1-37(2,3)46(31-21-13-7-14-22-31,32-23-15-8-16-24-32)44-28-34-35(43-27-30-19-11-6-12-20-30)33(25-38(41-4,45-34)36(39)40)42-26-29-17-9-5-10-18-29/h5-24,33-35H,25-28H2,1-4H3,(H,39,40)/t33-,34-,35+,38?/m1/s1. The van der Waals surface area contributed by atoms with Crippen LogP contribution < -0.4 is 10.4 Å². The van der Waals surface area contributed by atoms with Crippen LogP contribution in [0.4, 0.5) is 0 Å². The minimum Gasteiger partial charge on any atom is -0.477 e. The lowest BCUT2D eigenvalue weighted by molar-refractivity contribution is -0.317. The molecule has 0 spiro atoms. The molecule has 1 aliphatic rings. The fraction of sp³-hybridized carbons (Fsp3) is 0.342. The van der Waals surface area contributed by atoms with Gasteiger partial charge in [-0.2, -0.15) is 0 Å². The Hall–Kier alpha value is -3.63. The molecule has 0 saturated carbocycles. The zero-order chi connectivity index (χ0) is 32.6. The molecule has 4 aromatic rings. The number of hydrogen-bond acceptors (Lipinski definition) is 6. The Balaban J connectivity index is 1.54. The van der Waals surface area contributed by atoms with E-state index < -0.39 is 38.4 Å². The van der Waals surface area contributed by atoms with Gasteiger partial charge in [0.1, 0.15) is 12.2 Å². The molecule has 0 bridgehead atoms. The van der Waals surface area contributed by atoms with E-state index in [0.29, 0.717) is 6.61 Å². The Labute approximate surface area is 273 Å². The van der Waals surface area contributed by atoms with Gasteiger partial charge >= 0.3 is 5.97 Å². The van der Waals surface area contributed by atoms with Crippen molar-refractivity contribution in [3.8, 4) is 0 Å². The molecule has 1 unspecified atom stereocenters. The first-order chi connectivity index (χ1) is 22.2. The molecule has 46 heavy (non-hydrogen) atoms. The van der Waals surface area contributed by atoms with Crippen LogP contribution in [0.15, 0.2) is 121 Å². The van der Waals surface area contributed by atoms with Gasteiger partial charge in [-0.15, -0.1) is 0 Å². The van der Waals surface area contributed by atoms with Gasteiger partial charge in [0, 0.05) is 13.5 Å². The topological polar surface area (TPSA) is 83.5 Å². The molecule has 1 aliphatic heterocycles. The summed E-state index contributed by atoms with van der Waals surface area (Å²) in [4.78, 5) is 12.8. The fourth-order valence-electron chi connectivity index (χ4n) is 6.35. The zero-order valence-electron chi connectivity index (χ0n) is 27.0. The van der Waals surface area contributed by atoms with Crippen LogP contribution >= 0.6 is 0 Å². The lowest BCUT2D eigenvalue weighted by Crippen LogP contribution is -2.68.